The molecule has 0 heterocycles. The quantitative estimate of drug-likeness (QED) is 0.819. The first-order chi connectivity index (χ1) is 8.11. The minimum Gasteiger partial charge on any atom is -0.352 e. The van der Waals surface area contributed by atoms with Crippen LogP contribution in [-0.4, -0.2) is 12.5 Å². The van der Waals surface area contributed by atoms with Crippen molar-refractivity contribution in [2.24, 2.45) is 11.7 Å². The first kappa shape index (κ1) is 14.0. The maximum Gasteiger partial charge on any atom is 0.220 e. The third kappa shape index (κ3) is 5.71. The molecule has 4 heteroatoms. The van der Waals surface area contributed by atoms with E-state index in [0.29, 0.717) is 30.5 Å². The van der Waals surface area contributed by atoms with Gasteiger partial charge in [0.05, 0.1) is 0 Å². The van der Waals surface area contributed by atoms with E-state index in [9.17, 15) is 4.79 Å². The summed E-state index contributed by atoms with van der Waals surface area (Å²) < 4.78 is 0. The summed E-state index contributed by atoms with van der Waals surface area (Å²) in [7, 11) is 0. The number of nitrogens with two attached hydrogens (primary N) is 1. The zero-order chi connectivity index (χ0) is 12.7. The molecule has 3 nitrogen and oxygen atoms in total. The second kappa shape index (κ2) is 7.30. The molecule has 0 radical (unpaired) electrons. The van der Waals surface area contributed by atoms with Gasteiger partial charge in [-0.1, -0.05) is 30.7 Å². The SMILES string of the molecule is CC(CN)CCC(=O)NCc1ccc(Cl)cc1. The van der Waals surface area contributed by atoms with E-state index in [1.54, 1.807) is 0 Å². The Morgan fingerprint density at radius 3 is 2.65 bits per heavy atom. The van der Waals surface area contributed by atoms with Gasteiger partial charge in [0.2, 0.25) is 5.91 Å². The molecule has 1 rings (SSSR count). The van der Waals surface area contributed by atoms with Crippen LogP contribution in [0.4, 0.5) is 0 Å². The summed E-state index contributed by atoms with van der Waals surface area (Å²) in [6, 6.07) is 7.45. The molecule has 1 atom stereocenters. The van der Waals surface area contributed by atoms with Gasteiger partial charge in [0, 0.05) is 18.0 Å². The molecular weight excluding hydrogens is 236 g/mol. The highest BCUT2D eigenvalue weighted by Crippen LogP contribution is 2.09. The van der Waals surface area contributed by atoms with Gasteiger partial charge in [0.1, 0.15) is 0 Å². The van der Waals surface area contributed by atoms with Crippen molar-refractivity contribution < 1.29 is 4.79 Å². The molecule has 0 fully saturated rings. The van der Waals surface area contributed by atoms with E-state index >= 15 is 0 Å². The van der Waals surface area contributed by atoms with Gasteiger partial charge in [-0.3, -0.25) is 4.79 Å². The number of hydrogen-bond acceptors (Lipinski definition) is 2. The number of nitrogens with one attached hydrogen (secondary N) is 1. The van der Waals surface area contributed by atoms with Crippen LogP contribution in [0, 0.1) is 5.92 Å². The summed E-state index contributed by atoms with van der Waals surface area (Å²) >= 11 is 5.78. The molecule has 0 saturated heterocycles. The second-order valence-corrected chi connectivity index (χ2v) is 4.72. The Bertz CT molecular complexity index is 351. The van der Waals surface area contributed by atoms with E-state index in [1.807, 2.05) is 31.2 Å². The van der Waals surface area contributed by atoms with Crippen molar-refractivity contribution in [3.63, 3.8) is 0 Å². The zero-order valence-electron chi connectivity index (χ0n) is 10.1. The smallest absolute Gasteiger partial charge is 0.220 e. The van der Waals surface area contributed by atoms with Crippen LogP contribution in [0.25, 0.3) is 0 Å². The fourth-order valence-corrected chi connectivity index (χ4v) is 1.51. The van der Waals surface area contributed by atoms with E-state index in [0.717, 1.165) is 12.0 Å². The minimum absolute atomic E-state index is 0.0697. The Hall–Kier alpha value is -1.06. The standard InChI is InChI=1S/C13H19ClN2O/c1-10(8-15)2-7-13(17)16-9-11-3-5-12(14)6-4-11/h3-6,10H,2,7-9,15H2,1H3,(H,16,17). The van der Waals surface area contributed by atoms with Gasteiger partial charge in [-0.2, -0.15) is 0 Å². The maximum atomic E-state index is 11.5. The Morgan fingerprint density at radius 2 is 2.06 bits per heavy atom. The molecule has 0 aliphatic rings. The van der Waals surface area contributed by atoms with Crippen molar-refractivity contribution in [2.45, 2.75) is 26.3 Å². The molecule has 0 aliphatic carbocycles. The van der Waals surface area contributed by atoms with E-state index in [1.165, 1.54) is 0 Å². The predicted octanol–water partition coefficient (Wildman–Crippen LogP) is 2.33. The van der Waals surface area contributed by atoms with Gasteiger partial charge in [-0.05, 0) is 36.6 Å². The molecular formula is C13H19ClN2O. The van der Waals surface area contributed by atoms with E-state index in [-0.39, 0.29) is 5.91 Å². The number of amides is 1. The Morgan fingerprint density at radius 1 is 1.41 bits per heavy atom. The molecule has 94 valence electrons. The van der Waals surface area contributed by atoms with Crippen LogP contribution < -0.4 is 11.1 Å². The molecule has 0 aromatic heterocycles. The van der Waals surface area contributed by atoms with Gasteiger partial charge < -0.3 is 11.1 Å². The number of halogens is 1. The van der Waals surface area contributed by atoms with Crippen LogP contribution in [0.1, 0.15) is 25.3 Å². The summed E-state index contributed by atoms with van der Waals surface area (Å²) in [4.78, 5) is 11.5. The highest BCUT2D eigenvalue weighted by Gasteiger charge is 2.05. The molecule has 0 spiro atoms. The lowest BCUT2D eigenvalue weighted by Gasteiger charge is -2.08. The Balaban J connectivity index is 2.26. The summed E-state index contributed by atoms with van der Waals surface area (Å²) in [5.41, 5.74) is 6.54. The van der Waals surface area contributed by atoms with Crippen molar-refractivity contribution >= 4 is 17.5 Å². The molecule has 0 saturated carbocycles. The molecule has 1 unspecified atom stereocenters. The average Bonchev–Trinajstić information content (AvgIpc) is 2.35. The van der Waals surface area contributed by atoms with Crippen molar-refractivity contribution in [1.82, 2.24) is 5.32 Å². The number of hydrogen-bond donors (Lipinski definition) is 2. The number of rotatable bonds is 6. The second-order valence-electron chi connectivity index (χ2n) is 4.28. The normalized spacial score (nSPS) is 12.2. The minimum atomic E-state index is 0.0697. The fraction of sp³-hybridized carbons (Fsp3) is 0.462. The third-order valence-corrected chi connectivity index (χ3v) is 2.92. The lowest BCUT2D eigenvalue weighted by atomic mass is 10.1. The van der Waals surface area contributed by atoms with Gasteiger partial charge in [-0.15, -0.1) is 0 Å². The maximum absolute atomic E-state index is 11.5. The fourth-order valence-electron chi connectivity index (χ4n) is 1.39. The molecule has 0 aliphatic heterocycles. The Kier molecular flexibility index (Phi) is 6.01. The topological polar surface area (TPSA) is 55.1 Å². The largest absolute Gasteiger partial charge is 0.352 e. The first-order valence-corrected chi connectivity index (χ1v) is 6.21. The van der Waals surface area contributed by atoms with Crippen LogP contribution in [0.3, 0.4) is 0 Å². The number of carbonyl (C=O) groups is 1. The van der Waals surface area contributed by atoms with Crippen LogP contribution in [-0.2, 0) is 11.3 Å². The summed E-state index contributed by atoms with van der Waals surface area (Å²) in [5, 5.41) is 3.58. The Labute approximate surface area is 107 Å². The lowest BCUT2D eigenvalue weighted by Crippen LogP contribution is -2.23. The van der Waals surface area contributed by atoms with Crippen molar-refractivity contribution in [3.05, 3.63) is 34.9 Å². The van der Waals surface area contributed by atoms with Crippen molar-refractivity contribution in [2.75, 3.05) is 6.54 Å². The molecule has 1 aromatic carbocycles. The van der Waals surface area contributed by atoms with Crippen LogP contribution in [0.15, 0.2) is 24.3 Å². The third-order valence-electron chi connectivity index (χ3n) is 2.67. The molecule has 3 N–H and O–H groups in total. The predicted molar refractivity (Wildman–Crippen MR) is 70.8 cm³/mol. The highest BCUT2D eigenvalue weighted by molar-refractivity contribution is 6.30. The van der Waals surface area contributed by atoms with Crippen LogP contribution in [0.2, 0.25) is 5.02 Å². The number of benzene rings is 1. The lowest BCUT2D eigenvalue weighted by molar-refractivity contribution is -0.121. The van der Waals surface area contributed by atoms with Gasteiger partial charge in [0.25, 0.3) is 0 Å². The van der Waals surface area contributed by atoms with E-state index in [4.69, 9.17) is 17.3 Å². The highest BCUT2D eigenvalue weighted by atomic mass is 35.5. The van der Waals surface area contributed by atoms with Gasteiger partial charge >= 0.3 is 0 Å². The molecule has 1 aromatic rings. The van der Waals surface area contributed by atoms with E-state index < -0.39 is 0 Å². The van der Waals surface area contributed by atoms with Gasteiger partial charge in [-0.25, -0.2) is 0 Å². The molecule has 17 heavy (non-hydrogen) atoms. The first-order valence-electron chi connectivity index (χ1n) is 5.83. The van der Waals surface area contributed by atoms with Gasteiger partial charge in [0.15, 0.2) is 0 Å². The van der Waals surface area contributed by atoms with Crippen molar-refractivity contribution in [3.8, 4) is 0 Å². The van der Waals surface area contributed by atoms with Crippen LogP contribution in [0.5, 0.6) is 0 Å². The van der Waals surface area contributed by atoms with Crippen LogP contribution >= 0.6 is 11.6 Å². The zero-order valence-corrected chi connectivity index (χ0v) is 10.8. The number of carbonyl (C=O) groups excluding carboxylic acids is 1. The van der Waals surface area contributed by atoms with E-state index in [2.05, 4.69) is 5.32 Å². The summed E-state index contributed by atoms with van der Waals surface area (Å²) in [6.07, 6.45) is 1.37. The molecule has 1 amide bonds. The van der Waals surface area contributed by atoms with Crippen molar-refractivity contribution in [1.29, 1.82) is 0 Å². The average molecular weight is 255 g/mol. The summed E-state index contributed by atoms with van der Waals surface area (Å²) in [6.45, 7) is 3.23. The monoisotopic (exact) mass is 254 g/mol. The summed E-state index contributed by atoms with van der Waals surface area (Å²) in [5.74, 6) is 0.469. The molecule has 0 bridgehead atoms.